The molecule has 1 saturated carbocycles. The van der Waals surface area contributed by atoms with Crippen LogP contribution in [0.3, 0.4) is 0 Å². The van der Waals surface area contributed by atoms with Gasteiger partial charge in [-0.3, -0.25) is 14.5 Å². The van der Waals surface area contributed by atoms with Crippen LogP contribution in [0, 0.1) is 0 Å². The van der Waals surface area contributed by atoms with Gasteiger partial charge in [0.1, 0.15) is 5.54 Å². The van der Waals surface area contributed by atoms with Crippen LogP contribution in [-0.2, 0) is 11.8 Å². The molecule has 6 heteroatoms. The molecule has 1 spiro atoms. The quantitative estimate of drug-likeness (QED) is 0.662. The molecule has 3 rings (SSSR count). The summed E-state index contributed by atoms with van der Waals surface area (Å²) in [5, 5.41) is 2.77. The number of urea groups is 1. The van der Waals surface area contributed by atoms with Gasteiger partial charge in [0.05, 0.1) is 6.54 Å². The van der Waals surface area contributed by atoms with Crippen LogP contribution in [0.2, 0.25) is 0 Å². The molecule has 2 fully saturated rings. The second kappa shape index (κ2) is 4.47. The maximum atomic E-state index is 12.4. The van der Waals surface area contributed by atoms with Crippen molar-refractivity contribution in [2.24, 2.45) is 7.05 Å². The fourth-order valence-corrected chi connectivity index (χ4v) is 3.04. The topological polar surface area (TPSA) is 71.4 Å². The minimum Gasteiger partial charge on any atom is -0.357 e. The number of nitrogens with one attached hydrogen (secondary N) is 1. The third kappa shape index (κ3) is 1.92. The van der Waals surface area contributed by atoms with Gasteiger partial charge < -0.3 is 9.88 Å². The smallest absolute Gasteiger partial charge is 0.325 e. The highest BCUT2D eigenvalue weighted by Crippen LogP contribution is 2.35. The van der Waals surface area contributed by atoms with E-state index in [1.807, 2.05) is 7.05 Å². The number of hydrogen-bond donors (Lipinski definition) is 1. The highest BCUT2D eigenvalue weighted by molar-refractivity contribution is 6.11. The van der Waals surface area contributed by atoms with Gasteiger partial charge >= 0.3 is 6.03 Å². The number of Topliss-reactive ketones (excluding diaryl/α,β-unsaturated/α-hetero) is 1. The predicted octanol–water partition coefficient (Wildman–Crippen LogP) is 1.07. The number of nitrogens with zero attached hydrogens (tertiary/aromatic N) is 2. The number of aromatic nitrogens is 1. The van der Waals surface area contributed by atoms with Crippen LogP contribution in [0.1, 0.15) is 36.0 Å². The Morgan fingerprint density at radius 1 is 1.35 bits per heavy atom. The lowest BCUT2D eigenvalue weighted by Gasteiger charge is -2.19. The molecule has 0 atom stereocenters. The van der Waals surface area contributed by atoms with Crippen molar-refractivity contribution in [2.75, 3.05) is 6.54 Å². The van der Waals surface area contributed by atoms with Gasteiger partial charge in [-0.25, -0.2) is 4.79 Å². The average molecular weight is 275 g/mol. The van der Waals surface area contributed by atoms with Crippen LogP contribution in [-0.4, -0.2) is 39.3 Å². The molecule has 1 saturated heterocycles. The van der Waals surface area contributed by atoms with E-state index in [1.165, 1.54) is 0 Å². The summed E-state index contributed by atoms with van der Waals surface area (Å²) in [6.45, 7) is -0.184. The summed E-state index contributed by atoms with van der Waals surface area (Å²) in [7, 11) is 1.82. The van der Waals surface area contributed by atoms with Gasteiger partial charge in [-0.2, -0.15) is 0 Å². The van der Waals surface area contributed by atoms with Crippen LogP contribution in [0.25, 0.3) is 0 Å². The first kappa shape index (κ1) is 12.9. The monoisotopic (exact) mass is 275 g/mol. The molecule has 1 aromatic rings. The van der Waals surface area contributed by atoms with E-state index in [0.717, 1.165) is 17.7 Å². The molecule has 0 unspecified atom stereocenters. The summed E-state index contributed by atoms with van der Waals surface area (Å²) in [6, 6.07) is 1.24. The number of imide groups is 1. The maximum absolute atomic E-state index is 12.4. The standard InChI is InChI=1S/C14H17N3O3/c1-16-7-4-10(8-16)11(18)9-17-12(19)14(15-13(17)20)5-2-3-6-14/h4,7-8H,2-3,5-6,9H2,1H3,(H,15,20). The number of carbonyl (C=O) groups is 3. The molecule has 2 aliphatic rings. The summed E-state index contributed by atoms with van der Waals surface area (Å²) in [5.41, 5.74) is -0.228. The van der Waals surface area contributed by atoms with E-state index in [0.29, 0.717) is 18.4 Å². The Morgan fingerprint density at radius 2 is 2.05 bits per heavy atom. The van der Waals surface area contributed by atoms with Crippen molar-refractivity contribution in [1.82, 2.24) is 14.8 Å². The first-order chi connectivity index (χ1) is 9.52. The lowest BCUT2D eigenvalue weighted by molar-refractivity contribution is -0.130. The summed E-state index contributed by atoms with van der Waals surface area (Å²) in [6.07, 6.45) is 6.67. The lowest BCUT2D eigenvalue weighted by atomic mass is 9.98. The van der Waals surface area contributed by atoms with E-state index in [2.05, 4.69) is 5.32 Å². The van der Waals surface area contributed by atoms with Gasteiger partial charge in [0.25, 0.3) is 5.91 Å². The number of aryl methyl sites for hydroxylation is 1. The van der Waals surface area contributed by atoms with Crippen LogP contribution in [0.4, 0.5) is 4.79 Å². The Labute approximate surface area is 116 Å². The third-order valence-electron chi connectivity index (χ3n) is 4.16. The van der Waals surface area contributed by atoms with Crippen LogP contribution >= 0.6 is 0 Å². The van der Waals surface area contributed by atoms with Crippen LogP contribution < -0.4 is 5.32 Å². The van der Waals surface area contributed by atoms with E-state index >= 15 is 0 Å². The zero-order chi connectivity index (χ0) is 14.3. The predicted molar refractivity (Wildman–Crippen MR) is 71.2 cm³/mol. The Bertz CT molecular complexity index is 584. The number of amides is 3. The number of hydrogen-bond acceptors (Lipinski definition) is 3. The van der Waals surface area contributed by atoms with E-state index in [-0.39, 0.29) is 18.2 Å². The van der Waals surface area contributed by atoms with Crippen molar-refractivity contribution >= 4 is 17.7 Å². The molecule has 2 heterocycles. The molecular weight excluding hydrogens is 258 g/mol. The summed E-state index contributed by atoms with van der Waals surface area (Å²) in [5.74, 6) is -0.464. The molecule has 1 N–H and O–H groups in total. The zero-order valence-electron chi connectivity index (χ0n) is 11.4. The molecular formula is C14H17N3O3. The molecule has 0 aromatic carbocycles. The highest BCUT2D eigenvalue weighted by atomic mass is 16.2. The minimum absolute atomic E-state index is 0.184. The second-order valence-electron chi connectivity index (χ2n) is 5.60. The largest absolute Gasteiger partial charge is 0.357 e. The molecule has 3 amide bonds. The van der Waals surface area contributed by atoms with Crippen molar-refractivity contribution in [2.45, 2.75) is 31.2 Å². The molecule has 106 valence electrons. The van der Waals surface area contributed by atoms with E-state index in [4.69, 9.17) is 0 Å². The summed E-state index contributed by atoms with van der Waals surface area (Å²) < 4.78 is 1.76. The van der Waals surface area contributed by atoms with E-state index < -0.39 is 11.6 Å². The minimum atomic E-state index is -0.742. The fraction of sp³-hybridized carbons (Fsp3) is 0.500. The Hall–Kier alpha value is -2.11. The zero-order valence-corrected chi connectivity index (χ0v) is 11.4. The Balaban J connectivity index is 1.76. The van der Waals surface area contributed by atoms with Gasteiger partial charge in [-0.1, -0.05) is 12.8 Å². The first-order valence-electron chi connectivity index (χ1n) is 6.81. The first-order valence-corrected chi connectivity index (χ1v) is 6.81. The van der Waals surface area contributed by atoms with Crippen LogP contribution in [0.5, 0.6) is 0 Å². The molecule has 1 aliphatic heterocycles. The highest BCUT2D eigenvalue weighted by Gasteiger charge is 2.52. The molecule has 1 aromatic heterocycles. The second-order valence-corrected chi connectivity index (χ2v) is 5.60. The molecule has 1 aliphatic carbocycles. The summed E-state index contributed by atoms with van der Waals surface area (Å²) >= 11 is 0. The fourth-order valence-electron chi connectivity index (χ4n) is 3.04. The summed E-state index contributed by atoms with van der Waals surface area (Å²) in [4.78, 5) is 37.5. The van der Waals surface area contributed by atoms with Crippen LogP contribution in [0.15, 0.2) is 18.5 Å². The Morgan fingerprint density at radius 3 is 2.65 bits per heavy atom. The number of carbonyl (C=O) groups excluding carboxylic acids is 3. The third-order valence-corrected chi connectivity index (χ3v) is 4.16. The molecule has 0 radical (unpaired) electrons. The lowest BCUT2D eigenvalue weighted by Crippen LogP contribution is -2.44. The van der Waals surface area contributed by atoms with Crippen molar-refractivity contribution in [1.29, 1.82) is 0 Å². The number of rotatable bonds is 3. The van der Waals surface area contributed by atoms with Crippen molar-refractivity contribution in [3.8, 4) is 0 Å². The average Bonchev–Trinajstić information content (AvgIpc) is 3.08. The molecule has 6 nitrogen and oxygen atoms in total. The SMILES string of the molecule is Cn1ccc(C(=O)CN2C(=O)NC3(CCCC3)C2=O)c1. The van der Waals surface area contributed by atoms with Gasteiger partial charge in [0.15, 0.2) is 5.78 Å². The van der Waals surface area contributed by atoms with Gasteiger partial charge in [0, 0.05) is 25.0 Å². The normalized spacial score (nSPS) is 20.8. The molecule has 0 bridgehead atoms. The van der Waals surface area contributed by atoms with E-state index in [9.17, 15) is 14.4 Å². The van der Waals surface area contributed by atoms with E-state index in [1.54, 1.807) is 23.0 Å². The van der Waals surface area contributed by atoms with Crippen molar-refractivity contribution < 1.29 is 14.4 Å². The van der Waals surface area contributed by atoms with Gasteiger partial charge in [-0.05, 0) is 18.9 Å². The van der Waals surface area contributed by atoms with Gasteiger partial charge in [-0.15, -0.1) is 0 Å². The number of ketones is 1. The van der Waals surface area contributed by atoms with Crippen molar-refractivity contribution in [3.63, 3.8) is 0 Å². The Kier molecular flexibility index (Phi) is 2.88. The van der Waals surface area contributed by atoms with Gasteiger partial charge in [0.2, 0.25) is 0 Å². The molecule has 20 heavy (non-hydrogen) atoms. The van der Waals surface area contributed by atoms with Crippen molar-refractivity contribution in [3.05, 3.63) is 24.0 Å². The maximum Gasteiger partial charge on any atom is 0.325 e.